The molecule has 0 saturated carbocycles. The largest absolute Gasteiger partial charge is 0.390 e. The maximum absolute atomic E-state index is 14.5. The molecule has 1 N–H and O–H groups in total. The summed E-state index contributed by atoms with van der Waals surface area (Å²) >= 11 is 6.25. The van der Waals surface area contributed by atoms with E-state index in [9.17, 15) is 17.9 Å². The van der Waals surface area contributed by atoms with Crippen molar-refractivity contribution in [3.8, 4) is 0 Å². The van der Waals surface area contributed by atoms with Crippen LogP contribution in [0.2, 0.25) is 5.02 Å². The molecule has 7 heteroatoms. The fraction of sp³-hybridized carbons (Fsp3) is 0.310. The van der Waals surface area contributed by atoms with E-state index >= 15 is 0 Å². The van der Waals surface area contributed by atoms with Gasteiger partial charge in [-0.25, -0.2) is 12.8 Å². The van der Waals surface area contributed by atoms with Crippen molar-refractivity contribution >= 4 is 39.0 Å². The van der Waals surface area contributed by atoms with Crippen LogP contribution in [0.25, 0.3) is 11.6 Å². The summed E-state index contributed by atoms with van der Waals surface area (Å²) in [6.45, 7) is 7.39. The van der Waals surface area contributed by atoms with Gasteiger partial charge >= 0.3 is 0 Å². The smallest absolute Gasteiger partial charge is 0.264 e. The number of anilines is 1. The molecule has 0 fully saturated rings. The molecule has 0 aliphatic carbocycles. The number of sulfonamides is 1. The molecule has 0 saturated heterocycles. The number of aryl methyl sites for hydroxylation is 1. The zero-order chi connectivity index (χ0) is 26.3. The van der Waals surface area contributed by atoms with Gasteiger partial charge in [-0.1, -0.05) is 48.0 Å². The van der Waals surface area contributed by atoms with Crippen LogP contribution in [-0.2, 0) is 16.4 Å². The molecule has 4 nitrogen and oxygen atoms in total. The van der Waals surface area contributed by atoms with E-state index in [-0.39, 0.29) is 17.4 Å². The van der Waals surface area contributed by atoms with Crippen molar-refractivity contribution in [1.29, 1.82) is 0 Å². The standard InChI is InChI=1S/C29H31ClFNO3S/c1-19-7-5-8-24(13-19)36(34,35)32-18-22(17-29(3,4)33)15-23-12-11-21(16-27(23)32)14-20(2)28-25(30)9-6-10-26(28)31/h5-14,16,22,33H,15,17-18H2,1-4H3/b20-14+/t22-/m0/s1. The Hall–Kier alpha value is -2.67. The van der Waals surface area contributed by atoms with Crippen molar-refractivity contribution in [2.75, 3.05) is 10.8 Å². The lowest BCUT2D eigenvalue weighted by atomic mass is 9.85. The Bertz CT molecular complexity index is 1410. The summed E-state index contributed by atoms with van der Waals surface area (Å²) in [6, 6.07) is 17.1. The number of nitrogens with zero attached hydrogens (tertiary/aromatic N) is 1. The Morgan fingerprint density at radius 2 is 1.89 bits per heavy atom. The summed E-state index contributed by atoms with van der Waals surface area (Å²) in [4.78, 5) is 0.229. The normalized spacial score (nSPS) is 16.7. The molecule has 0 aromatic heterocycles. The SMILES string of the molecule is C/C(=C\c1ccc2c(c1)N(S(=O)(=O)c1cccc(C)c1)C[C@H](CC(C)(C)O)C2)c1c(F)cccc1Cl. The van der Waals surface area contributed by atoms with E-state index in [1.54, 1.807) is 51.1 Å². The lowest BCUT2D eigenvalue weighted by molar-refractivity contribution is 0.0534. The minimum Gasteiger partial charge on any atom is -0.390 e. The van der Waals surface area contributed by atoms with Crippen LogP contribution in [0.1, 0.15) is 49.4 Å². The molecule has 4 rings (SSSR count). The third kappa shape index (κ3) is 5.66. The van der Waals surface area contributed by atoms with Crippen LogP contribution in [0.5, 0.6) is 0 Å². The van der Waals surface area contributed by atoms with Crippen LogP contribution < -0.4 is 4.31 Å². The Morgan fingerprint density at radius 1 is 1.17 bits per heavy atom. The fourth-order valence-electron chi connectivity index (χ4n) is 4.95. The van der Waals surface area contributed by atoms with Crippen molar-refractivity contribution in [1.82, 2.24) is 0 Å². The third-order valence-electron chi connectivity index (χ3n) is 6.42. The van der Waals surface area contributed by atoms with Crippen LogP contribution >= 0.6 is 11.6 Å². The average molecular weight is 528 g/mol. The molecule has 3 aromatic rings. The minimum absolute atomic E-state index is 0.0440. The first-order valence-electron chi connectivity index (χ1n) is 11.9. The molecule has 1 atom stereocenters. The molecule has 190 valence electrons. The number of hydrogen-bond acceptors (Lipinski definition) is 3. The van der Waals surface area contributed by atoms with Gasteiger partial charge in [0, 0.05) is 12.1 Å². The number of rotatable bonds is 6. The van der Waals surface area contributed by atoms with Crippen molar-refractivity contribution in [2.45, 2.75) is 51.0 Å². The lowest BCUT2D eigenvalue weighted by Gasteiger charge is -2.37. The van der Waals surface area contributed by atoms with Crippen molar-refractivity contribution in [3.05, 3.63) is 93.8 Å². The molecular formula is C29H31ClFNO3S. The van der Waals surface area contributed by atoms with E-state index in [4.69, 9.17) is 11.6 Å². The van der Waals surface area contributed by atoms with Crippen molar-refractivity contribution in [2.24, 2.45) is 5.92 Å². The number of allylic oxidation sites excluding steroid dienone is 1. The molecule has 0 spiro atoms. The van der Waals surface area contributed by atoms with Crippen LogP contribution in [0.15, 0.2) is 65.6 Å². The van der Waals surface area contributed by atoms with Gasteiger partial charge in [-0.15, -0.1) is 0 Å². The quantitative estimate of drug-likeness (QED) is 0.356. The highest BCUT2D eigenvalue weighted by Gasteiger charge is 2.35. The second-order valence-electron chi connectivity index (χ2n) is 10.3. The summed E-state index contributed by atoms with van der Waals surface area (Å²) in [7, 11) is -3.85. The van der Waals surface area contributed by atoms with Crippen LogP contribution in [0, 0.1) is 18.7 Å². The Morgan fingerprint density at radius 3 is 2.56 bits per heavy atom. The van der Waals surface area contributed by atoms with Gasteiger partial charge in [-0.3, -0.25) is 4.31 Å². The molecule has 0 amide bonds. The highest BCUT2D eigenvalue weighted by atomic mass is 35.5. The molecule has 0 bridgehead atoms. The Labute approximate surface area is 218 Å². The Balaban J connectivity index is 1.81. The van der Waals surface area contributed by atoms with E-state index in [0.717, 1.165) is 16.7 Å². The number of benzene rings is 3. The summed E-state index contributed by atoms with van der Waals surface area (Å²) in [5, 5.41) is 10.8. The van der Waals surface area contributed by atoms with Gasteiger partial charge < -0.3 is 5.11 Å². The number of aliphatic hydroxyl groups is 1. The number of fused-ring (bicyclic) bond motifs is 1. The second-order valence-corrected chi connectivity index (χ2v) is 12.5. The molecular weight excluding hydrogens is 497 g/mol. The maximum Gasteiger partial charge on any atom is 0.264 e. The number of halogens is 2. The van der Waals surface area contributed by atoms with Gasteiger partial charge in [0.05, 0.1) is 21.2 Å². The van der Waals surface area contributed by atoms with E-state index < -0.39 is 21.4 Å². The van der Waals surface area contributed by atoms with Crippen LogP contribution in [-0.4, -0.2) is 25.7 Å². The second kappa shape index (κ2) is 10.0. The van der Waals surface area contributed by atoms with Gasteiger partial charge in [0.1, 0.15) is 5.82 Å². The predicted molar refractivity (Wildman–Crippen MR) is 145 cm³/mol. The Kier molecular flexibility index (Phi) is 7.33. The van der Waals surface area contributed by atoms with Gasteiger partial charge in [-0.05, 0) is 99.0 Å². The summed E-state index contributed by atoms with van der Waals surface area (Å²) in [5.74, 6) is -0.454. The van der Waals surface area contributed by atoms with E-state index in [2.05, 4.69) is 0 Å². The van der Waals surface area contributed by atoms with E-state index in [0.29, 0.717) is 34.7 Å². The molecule has 1 aliphatic rings. The maximum atomic E-state index is 14.5. The highest BCUT2D eigenvalue weighted by Crippen LogP contribution is 2.38. The van der Waals surface area contributed by atoms with Gasteiger partial charge in [0.2, 0.25) is 0 Å². The zero-order valence-electron chi connectivity index (χ0n) is 20.9. The highest BCUT2D eigenvalue weighted by molar-refractivity contribution is 7.92. The minimum atomic E-state index is -3.85. The lowest BCUT2D eigenvalue weighted by Crippen LogP contribution is -2.42. The van der Waals surface area contributed by atoms with E-state index in [1.807, 2.05) is 37.3 Å². The first-order chi connectivity index (χ1) is 16.8. The van der Waals surface area contributed by atoms with Crippen molar-refractivity contribution < 1.29 is 17.9 Å². The molecule has 1 heterocycles. The first kappa shape index (κ1) is 26.4. The molecule has 3 aromatic carbocycles. The summed E-state index contributed by atoms with van der Waals surface area (Å²) < 4.78 is 43.6. The van der Waals surface area contributed by atoms with Crippen molar-refractivity contribution in [3.63, 3.8) is 0 Å². The zero-order valence-corrected chi connectivity index (χ0v) is 22.5. The third-order valence-corrected chi connectivity index (χ3v) is 8.51. The molecule has 36 heavy (non-hydrogen) atoms. The van der Waals surface area contributed by atoms with Crippen LogP contribution in [0.4, 0.5) is 10.1 Å². The molecule has 0 unspecified atom stereocenters. The molecule has 0 radical (unpaired) electrons. The number of hydrogen-bond donors (Lipinski definition) is 1. The summed E-state index contributed by atoms with van der Waals surface area (Å²) in [5.41, 5.74) is 3.15. The average Bonchev–Trinajstić information content (AvgIpc) is 2.77. The summed E-state index contributed by atoms with van der Waals surface area (Å²) in [6.07, 6.45) is 2.94. The monoisotopic (exact) mass is 527 g/mol. The predicted octanol–water partition coefficient (Wildman–Crippen LogP) is 6.88. The topological polar surface area (TPSA) is 57.6 Å². The van der Waals surface area contributed by atoms with E-state index in [1.165, 1.54) is 10.4 Å². The van der Waals surface area contributed by atoms with Gasteiger partial charge in [0.15, 0.2) is 0 Å². The van der Waals surface area contributed by atoms with Gasteiger partial charge in [0.25, 0.3) is 10.0 Å². The fourth-order valence-corrected chi connectivity index (χ4v) is 6.94. The van der Waals surface area contributed by atoms with Crippen LogP contribution in [0.3, 0.4) is 0 Å². The molecule has 1 aliphatic heterocycles. The first-order valence-corrected chi connectivity index (χ1v) is 13.7. The van der Waals surface area contributed by atoms with Gasteiger partial charge in [-0.2, -0.15) is 0 Å².